The Hall–Kier alpha value is -2.95. The molecule has 0 aliphatic heterocycles. The summed E-state index contributed by atoms with van der Waals surface area (Å²) in [5, 5.41) is 20.0. The largest absolute Gasteiger partial charge is 0.550 e. The van der Waals surface area contributed by atoms with Crippen LogP contribution >= 0.6 is 0 Å². The lowest BCUT2D eigenvalue weighted by Gasteiger charge is -2.32. The zero-order valence-electron chi connectivity index (χ0n) is 15.8. The lowest BCUT2D eigenvalue weighted by Crippen LogP contribution is -2.53. The summed E-state index contributed by atoms with van der Waals surface area (Å²) < 4.78 is 88.4. The van der Waals surface area contributed by atoms with Crippen molar-refractivity contribution < 1.29 is 50.8 Å². The van der Waals surface area contributed by atoms with Gasteiger partial charge in [-0.1, -0.05) is 24.3 Å². The van der Waals surface area contributed by atoms with Crippen LogP contribution in [0.4, 0.5) is 26.3 Å². The van der Waals surface area contributed by atoms with E-state index in [1.54, 1.807) is 18.2 Å². The number of rotatable bonds is 9. The first-order valence-electron chi connectivity index (χ1n) is 8.85. The Bertz CT molecular complexity index is 880. The van der Waals surface area contributed by atoms with Gasteiger partial charge in [0, 0.05) is 24.4 Å². The number of ether oxygens (including phenoxy) is 2. The van der Waals surface area contributed by atoms with E-state index >= 15 is 0 Å². The van der Waals surface area contributed by atoms with Crippen LogP contribution in [0.2, 0.25) is 0 Å². The van der Waals surface area contributed by atoms with Crippen molar-refractivity contribution in [1.29, 1.82) is 0 Å². The van der Waals surface area contributed by atoms with Crippen molar-refractivity contribution >= 4 is 5.97 Å². The topological polar surface area (TPSA) is 78.8 Å². The van der Waals surface area contributed by atoms with Crippen LogP contribution in [-0.2, 0) is 16.8 Å². The third-order valence-electron chi connectivity index (χ3n) is 4.15. The Morgan fingerprint density at radius 1 is 0.871 bits per heavy atom. The fraction of sp³-hybridized carbons (Fsp3) is 0.350. The van der Waals surface area contributed by atoms with Crippen molar-refractivity contribution in [2.45, 2.75) is 30.8 Å². The Morgan fingerprint density at radius 3 is 1.90 bits per heavy atom. The molecule has 0 unspecified atom stereocenters. The monoisotopic (exact) mass is 451 g/mol. The number of benzene rings is 2. The molecular weight excluding hydrogens is 434 g/mol. The minimum Gasteiger partial charge on any atom is -0.550 e. The second-order valence-electron chi connectivity index (χ2n) is 6.48. The third kappa shape index (κ3) is 6.03. The molecule has 1 N–H and O–H groups in total. The molecule has 0 saturated heterocycles. The van der Waals surface area contributed by atoms with E-state index in [1.165, 1.54) is 6.07 Å². The van der Waals surface area contributed by atoms with Crippen LogP contribution in [0.25, 0.3) is 0 Å². The molecule has 0 saturated carbocycles. The summed E-state index contributed by atoms with van der Waals surface area (Å²) in [6, 6.07) is 9.28. The van der Waals surface area contributed by atoms with Gasteiger partial charge in [0.25, 0.3) is 5.60 Å². The minimum atomic E-state index is -5.98. The zero-order chi connectivity index (χ0) is 23.3. The number of hydrogen-bond donors (Lipinski definition) is 1. The Morgan fingerprint density at radius 2 is 1.39 bits per heavy atom. The van der Waals surface area contributed by atoms with E-state index in [1.807, 2.05) is 0 Å². The van der Waals surface area contributed by atoms with Crippen molar-refractivity contribution in [3.8, 4) is 11.5 Å². The van der Waals surface area contributed by atoms with Crippen molar-refractivity contribution in [3.05, 3.63) is 59.7 Å². The van der Waals surface area contributed by atoms with Gasteiger partial charge < -0.3 is 24.5 Å². The lowest BCUT2D eigenvalue weighted by molar-refractivity contribution is -0.376. The van der Waals surface area contributed by atoms with Crippen LogP contribution in [0.15, 0.2) is 48.5 Å². The van der Waals surface area contributed by atoms with Crippen molar-refractivity contribution in [2.24, 2.45) is 0 Å². The van der Waals surface area contributed by atoms with Gasteiger partial charge in [-0.05, 0) is 29.8 Å². The SMILES string of the molecule is O=C([O-])Cc1cccc(OCCCOc2cccc(C(O)(C(F)(F)F)C(F)(F)F)c2)c1. The summed E-state index contributed by atoms with van der Waals surface area (Å²) in [5.74, 6) is -1.17. The molecule has 0 spiro atoms. The molecule has 0 atom stereocenters. The average Bonchev–Trinajstić information content (AvgIpc) is 2.65. The number of carboxylic acids is 1. The average molecular weight is 451 g/mol. The van der Waals surface area contributed by atoms with Gasteiger partial charge in [0.1, 0.15) is 11.5 Å². The molecular formula is C20H17F6O5-. The molecule has 0 aliphatic carbocycles. The summed E-state index contributed by atoms with van der Waals surface area (Å²) in [6.45, 7) is -0.0117. The molecule has 0 radical (unpaired) electrons. The number of carbonyl (C=O) groups excluding carboxylic acids is 1. The predicted molar refractivity (Wildman–Crippen MR) is 93.2 cm³/mol. The smallest absolute Gasteiger partial charge is 0.430 e. The summed E-state index contributed by atoms with van der Waals surface area (Å²) in [6.07, 6.45) is -12.0. The normalized spacial score (nSPS) is 12.5. The molecule has 2 aromatic carbocycles. The number of carboxylic acid groups (broad SMARTS) is 1. The van der Waals surface area contributed by atoms with Gasteiger partial charge in [-0.2, -0.15) is 26.3 Å². The highest BCUT2D eigenvalue weighted by Gasteiger charge is 2.71. The number of aliphatic hydroxyl groups is 1. The van der Waals surface area contributed by atoms with E-state index in [-0.39, 0.29) is 31.8 Å². The van der Waals surface area contributed by atoms with Crippen LogP contribution in [-0.4, -0.2) is 36.6 Å². The maximum absolute atomic E-state index is 13.0. The van der Waals surface area contributed by atoms with E-state index in [9.17, 15) is 41.4 Å². The zero-order valence-corrected chi connectivity index (χ0v) is 15.8. The number of alkyl halides is 6. The van der Waals surface area contributed by atoms with E-state index < -0.39 is 29.5 Å². The molecule has 0 amide bonds. The van der Waals surface area contributed by atoms with Gasteiger partial charge in [-0.25, -0.2) is 0 Å². The molecule has 0 aliphatic rings. The van der Waals surface area contributed by atoms with E-state index in [0.29, 0.717) is 23.4 Å². The summed E-state index contributed by atoms with van der Waals surface area (Å²) in [7, 11) is 0. The van der Waals surface area contributed by atoms with Crippen LogP contribution in [0.5, 0.6) is 11.5 Å². The van der Waals surface area contributed by atoms with Gasteiger partial charge in [-0.15, -0.1) is 0 Å². The molecule has 0 bridgehead atoms. The van der Waals surface area contributed by atoms with Gasteiger partial charge in [0.05, 0.1) is 13.2 Å². The van der Waals surface area contributed by atoms with Crippen molar-refractivity contribution in [2.75, 3.05) is 13.2 Å². The maximum Gasteiger partial charge on any atom is 0.430 e. The first-order valence-corrected chi connectivity index (χ1v) is 8.85. The van der Waals surface area contributed by atoms with E-state index in [0.717, 1.165) is 12.1 Å². The molecule has 2 rings (SSSR count). The Labute approximate surface area is 172 Å². The van der Waals surface area contributed by atoms with Gasteiger partial charge >= 0.3 is 12.4 Å². The van der Waals surface area contributed by atoms with E-state index in [4.69, 9.17) is 9.47 Å². The predicted octanol–water partition coefficient (Wildman–Crippen LogP) is 3.14. The first-order chi connectivity index (χ1) is 14.3. The van der Waals surface area contributed by atoms with Crippen LogP contribution in [0.1, 0.15) is 17.5 Å². The number of aliphatic carboxylic acids is 1. The summed E-state index contributed by atoms with van der Waals surface area (Å²) >= 11 is 0. The molecule has 0 fully saturated rings. The second kappa shape index (κ2) is 9.46. The standard InChI is InChI=1S/C20H18F6O5/c21-19(22,23)18(29,20(24,25)26)14-5-2-7-16(12-14)31-9-3-8-30-15-6-1-4-13(10-15)11-17(27)28/h1-2,4-7,10,12,29H,3,8-9,11H2,(H,27,28)/p-1. The number of halogens is 6. The quantitative estimate of drug-likeness (QED) is 0.468. The summed E-state index contributed by atoms with van der Waals surface area (Å²) in [4.78, 5) is 10.6. The molecule has 5 nitrogen and oxygen atoms in total. The fourth-order valence-electron chi connectivity index (χ4n) is 2.65. The number of carbonyl (C=O) groups is 1. The molecule has 170 valence electrons. The highest BCUT2D eigenvalue weighted by atomic mass is 19.4. The van der Waals surface area contributed by atoms with Crippen LogP contribution < -0.4 is 14.6 Å². The molecule has 0 aromatic heterocycles. The van der Waals surface area contributed by atoms with Gasteiger partial charge in [0.2, 0.25) is 0 Å². The number of hydrogen-bond acceptors (Lipinski definition) is 5. The molecule has 31 heavy (non-hydrogen) atoms. The van der Waals surface area contributed by atoms with Crippen LogP contribution in [0.3, 0.4) is 0 Å². The van der Waals surface area contributed by atoms with Crippen molar-refractivity contribution in [1.82, 2.24) is 0 Å². The van der Waals surface area contributed by atoms with Crippen LogP contribution in [0, 0.1) is 0 Å². The van der Waals surface area contributed by atoms with Crippen molar-refractivity contribution in [3.63, 3.8) is 0 Å². The van der Waals surface area contributed by atoms with Gasteiger partial charge in [0.15, 0.2) is 0 Å². The molecule has 11 heteroatoms. The first kappa shape index (κ1) is 24.3. The lowest BCUT2D eigenvalue weighted by atomic mass is 9.92. The van der Waals surface area contributed by atoms with E-state index in [2.05, 4.69) is 0 Å². The second-order valence-corrected chi connectivity index (χ2v) is 6.48. The van der Waals surface area contributed by atoms with Gasteiger partial charge in [-0.3, -0.25) is 0 Å². The highest BCUT2D eigenvalue weighted by Crippen LogP contribution is 2.50. The Kier molecular flexibility index (Phi) is 7.42. The summed E-state index contributed by atoms with van der Waals surface area (Å²) in [5.41, 5.74) is -5.97. The third-order valence-corrected chi connectivity index (χ3v) is 4.15. The molecule has 0 heterocycles. The highest BCUT2D eigenvalue weighted by molar-refractivity contribution is 5.68. The Balaban J connectivity index is 1.95. The minimum absolute atomic E-state index is 0.0868. The molecule has 2 aromatic rings. The fourth-order valence-corrected chi connectivity index (χ4v) is 2.65. The maximum atomic E-state index is 13.0.